The normalized spacial score (nSPS) is 15.4. The average molecular weight is 453 g/mol. The maximum absolute atomic E-state index is 15.4. The Kier molecular flexibility index (Phi) is 6.47. The van der Waals surface area contributed by atoms with Crippen molar-refractivity contribution < 1.29 is 4.39 Å². The molecule has 1 saturated heterocycles. The number of likely N-dealkylation sites (tertiary alicyclic amines) is 1. The van der Waals surface area contributed by atoms with E-state index in [9.17, 15) is 0 Å². The average Bonchev–Trinajstić information content (AvgIpc) is 2.85. The molecule has 3 aromatic carbocycles. The number of halogens is 1. The maximum atomic E-state index is 15.4. The van der Waals surface area contributed by atoms with Gasteiger partial charge in [-0.25, -0.2) is 4.39 Å². The third kappa shape index (κ3) is 4.25. The second kappa shape index (κ2) is 9.68. The van der Waals surface area contributed by atoms with Crippen molar-refractivity contribution in [2.24, 2.45) is 5.92 Å². The Balaban J connectivity index is 1.53. The van der Waals surface area contributed by atoms with Gasteiger partial charge in [0.2, 0.25) is 0 Å². The molecule has 0 N–H and O–H groups in total. The van der Waals surface area contributed by atoms with Crippen molar-refractivity contribution in [2.45, 2.75) is 46.1 Å². The Morgan fingerprint density at radius 3 is 2.44 bits per heavy atom. The van der Waals surface area contributed by atoms with Gasteiger partial charge >= 0.3 is 0 Å². The van der Waals surface area contributed by atoms with E-state index < -0.39 is 0 Å². The van der Waals surface area contributed by atoms with Gasteiger partial charge in [-0.15, -0.1) is 0 Å². The van der Waals surface area contributed by atoms with Gasteiger partial charge in [-0.3, -0.25) is 9.88 Å². The lowest BCUT2D eigenvalue weighted by Gasteiger charge is -2.38. The number of aromatic nitrogens is 1. The lowest BCUT2D eigenvalue weighted by molar-refractivity contribution is 0.0899. The summed E-state index contributed by atoms with van der Waals surface area (Å²) in [5, 5.41) is 1.09. The summed E-state index contributed by atoms with van der Waals surface area (Å²) in [5.41, 5.74) is 6.94. The highest BCUT2D eigenvalue weighted by Gasteiger charge is 2.25. The third-order valence-corrected chi connectivity index (χ3v) is 7.50. The highest BCUT2D eigenvalue weighted by Crippen LogP contribution is 2.39. The number of para-hydroxylation sites is 1. The van der Waals surface area contributed by atoms with Gasteiger partial charge in [0, 0.05) is 48.3 Å². The van der Waals surface area contributed by atoms with Crippen LogP contribution in [0.4, 0.5) is 4.39 Å². The molecule has 0 aliphatic carbocycles. The first-order valence-electron chi connectivity index (χ1n) is 12.6. The lowest BCUT2D eigenvalue weighted by atomic mass is 9.84. The smallest absolute Gasteiger partial charge is 0.134 e. The van der Waals surface area contributed by atoms with E-state index in [2.05, 4.69) is 49.1 Å². The fourth-order valence-corrected chi connectivity index (χ4v) is 5.31. The van der Waals surface area contributed by atoms with Gasteiger partial charge in [0.25, 0.3) is 0 Å². The van der Waals surface area contributed by atoms with E-state index in [1.807, 2.05) is 49.5 Å². The van der Waals surface area contributed by atoms with Crippen LogP contribution >= 0.6 is 0 Å². The largest absolute Gasteiger partial charge is 0.298 e. The highest BCUT2D eigenvalue weighted by molar-refractivity contribution is 5.90. The van der Waals surface area contributed by atoms with Crippen LogP contribution in [-0.4, -0.2) is 23.0 Å². The Bertz CT molecular complexity index is 1290. The van der Waals surface area contributed by atoms with Crippen molar-refractivity contribution in [3.8, 4) is 11.1 Å². The number of hydrogen-bond acceptors (Lipinski definition) is 2. The number of pyridine rings is 1. The van der Waals surface area contributed by atoms with Gasteiger partial charge in [0.1, 0.15) is 5.82 Å². The molecule has 1 aliphatic heterocycles. The van der Waals surface area contributed by atoms with Crippen LogP contribution < -0.4 is 0 Å². The summed E-state index contributed by atoms with van der Waals surface area (Å²) in [5.74, 6) is 0.838. The molecule has 34 heavy (non-hydrogen) atoms. The topological polar surface area (TPSA) is 16.1 Å². The summed E-state index contributed by atoms with van der Waals surface area (Å²) in [6, 6.07) is 22.9. The van der Waals surface area contributed by atoms with Crippen LogP contribution in [0.5, 0.6) is 0 Å². The number of rotatable bonds is 7. The number of benzene rings is 3. The minimum absolute atomic E-state index is 0.107. The summed E-state index contributed by atoms with van der Waals surface area (Å²) in [6.07, 6.45) is 3.80. The summed E-state index contributed by atoms with van der Waals surface area (Å²) in [6.45, 7) is 9.94. The van der Waals surface area contributed by atoms with Crippen molar-refractivity contribution >= 4 is 10.9 Å². The molecule has 5 rings (SSSR count). The van der Waals surface area contributed by atoms with Crippen molar-refractivity contribution in [3.63, 3.8) is 0 Å². The van der Waals surface area contributed by atoms with E-state index in [0.717, 1.165) is 40.1 Å². The number of nitrogens with zero attached hydrogens (tertiary/aromatic N) is 2. The van der Waals surface area contributed by atoms with Gasteiger partial charge < -0.3 is 0 Å². The van der Waals surface area contributed by atoms with E-state index in [0.29, 0.717) is 12.0 Å². The molecule has 0 bridgehead atoms. The van der Waals surface area contributed by atoms with Crippen LogP contribution in [-0.2, 0) is 13.0 Å². The second-order valence-electron chi connectivity index (χ2n) is 9.67. The lowest BCUT2D eigenvalue weighted by Crippen LogP contribution is -2.45. The van der Waals surface area contributed by atoms with Crippen molar-refractivity contribution in [2.75, 3.05) is 13.1 Å². The first-order valence-corrected chi connectivity index (χ1v) is 12.6. The van der Waals surface area contributed by atoms with Gasteiger partial charge in [-0.2, -0.15) is 0 Å². The fraction of sp³-hybridized carbons (Fsp3) is 0.323. The van der Waals surface area contributed by atoms with Gasteiger partial charge in [0.05, 0.1) is 5.52 Å². The second-order valence-corrected chi connectivity index (χ2v) is 9.67. The number of hydrogen-bond donors (Lipinski definition) is 0. The van der Waals surface area contributed by atoms with Crippen LogP contribution in [0.15, 0.2) is 72.9 Å². The van der Waals surface area contributed by atoms with Crippen LogP contribution in [0, 0.1) is 11.7 Å². The van der Waals surface area contributed by atoms with Crippen LogP contribution in [0.25, 0.3) is 22.0 Å². The van der Waals surface area contributed by atoms with Gasteiger partial charge in [-0.1, -0.05) is 87.9 Å². The molecule has 0 saturated carbocycles. The minimum atomic E-state index is -0.134. The van der Waals surface area contributed by atoms with Crippen LogP contribution in [0.1, 0.15) is 55.4 Å². The van der Waals surface area contributed by atoms with E-state index in [4.69, 9.17) is 4.98 Å². The monoisotopic (exact) mass is 452 g/mol. The molecule has 1 aliphatic rings. The zero-order valence-electron chi connectivity index (χ0n) is 20.4. The third-order valence-electron chi connectivity index (χ3n) is 7.50. The Morgan fingerprint density at radius 1 is 0.941 bits per heavy atom. The van der Waals surface area contributed by atoms with Crippen LogP contribution in [0.2, 0.25) is 0 Å². The predicted octanol–water partition coefficient (Wildman–Crippen LogP) is 7.60. The zero-order chi connectivity index (χ0) is 23.7. The first-order chi connectivity index (χ1) is 16.6. The van der Waals surface area contributed by atoms with E-state index in [1.165, 1.54) is 30.6 Å². The highest BCUT2D eigenvalue weighted by atomic mass is 19.1. The Hall–Kier alpha value is -3.04. The van der Waals surface area contributed by atoms with Crippen molar-refractivity contribution in [1.82, 2.24) is 9.88 Å². The van der Waals surface area contributed by atoms with Crippen molar-refractivity contribution in [1.29, 1.82) is 0 Å². The molecule has 0 amide bonds. The SMILES string of the molecule is CCc1cccc(-c2cnc3ccccc3c2C(C)c2ccc(CN3CC(CC)C3)cc2)c1F. The standard InChI is InChI=1S/C31H33FN2/c1-4-22-18-34(19-22)20-23-13-15-25(16-14-23)21(3)30-27-10-6-7-12-29(27)33-17-28(30)26-11-8-9-24(5-2)31(26)32/h6-17,21-22H,4-5,18-20H2,1-3H3. The molecule has 174 valence electrons. The molecule has 1 fully saturated rings. The van der Waals surface area contributed by atoms with E-state index in [1.54, 1.807) is 0 Å². The zero-order valence-corrected chi connectivity index (χ0v) is 20.4. The van der Waals surface area contributed by atoms with Crippen LogP contribution in [0.3, 0.4) is 0 Å². The molecule has 1 aromatic heterocycles. The molecule has 2 nitrogen and oxygen atoms in total. The van der Waals surface area contributed by atoms with E-state index in [-0.39, 0.29) is 11.7 Å². The predicted molar refractivity (Wildman–Crippen MR) is 140 cm³/mol. The number of aryl methyl sites for hydroxylation is 1. The molecular weight excluding hydrogens is 419 g/mol. The minimum Gasteiger partial charge on any atom is -0.298 e. The first kappa shape index (κ1) is 22.7. The molecule has 0 radical (unpaired) electrons. The summed E-state index contributed by atoms with van der Waals surface area (Å²) >= 11 is 0. The maximum Gasteiger partial charge on any atom is 0.134 e. The number of fused-ring (bicyclic) bond motifs is 1. The Labute approximate surface area is 202 Å². The van der Waals surface area contributed by atoms with Crippen molar-refractivity contribution in [3.05, 3.63) is 101 Å². The summed E-state index contributed by atoms with van der Waals surface area (Å²) < 4.78 is 15.4. The fourth-order valence-electron chi connectivity index (χ4n) is 5.31. The molecule has 0 spiro atoms. The molecule has 3 heteroatoms. The van der Waals surface area contributed by atoms with Gasteiger partial charge in [-0.05, 0) is 40.7 Å². The quantitative estimate of drug-likeness (QED) is 0.287. The summed E-state index contributed by atoms with van der Waals surface area (Å²) in [4.78, 5) is 7.21. The van der Waals surface area contributed by atoms with Gasteiger partial charge in [0.15, 0.2) is 0 Å². The van der Waals surface area contributed by atoms with E-state index >= 15 is 4.39 Å². The summed E-state index contributed by atoms with van der Waals surface area (Å²) in [7, 11) is 0. The molecule has 2 heterocycles. The molecule has 4 aromatic rings. The Morgan fingerprint density at radius 2 is 1.71 bits per heavy atom. The molecular formula is C31H33FN2. The molecule has 1 atom stereocenters. The molecule has 1 unspecified atom stereocenters.